The number of alkyl carbamates (subject to hydrolysis) is 2. The summed E-state index contributed by atoms with van der Waals surface area (Å²) in [5.74, 6) is 0.580. The number of hydrogen-bond donors (Lipinski definition) is 3. The number of amides is 2. The van der Waals surface area contributed by atoms with Crippen LogP contribution in [0.25, 0.3) is 0 Å². The number of nitrogens with one attached hydrogen (secondary N) is 2. The lowest BCUT2D eigenvalue weighted by Crippen LogP contribution is -2.47. The average Bonchev–Trinajstić information content (AvgIpc) is 3.63. The van der Waals surface area contributed by atoms with Gasteiger partial charge < -0.3 is 39.4 Å². The highest BCUT2D eigenvalue weighted by Gasteiger charge is 2.50. The Morgan fingerprint density at radius 3 is 2.58 bits per heavy atom. The summed E-state index contributed by atoms with van der Waals surface area (Å²) in [6.45, 7) is 3.34. The molecule has 3 aliphatic rings. The van der Waals surface area contributed by atoms with E-state index in [1.165, 1.54) is 0 Å². The zero-order chi connectivity index (χ0) is 22.2. The number of hydrogen-bond acceptors (Lipinski definition) is 10. The lowest BCUT2D eigenvalue weighted by molar-refractivity contribution is -0.247. The van der Waals surface area contributed by atoms with Crippen LogP contribution >= 0.6 is 11.8 Å². The van der Waals surface area contributed by atoms with Gasteiger partial charge in [0, 0.05) is 37.6 Å². The van der Waals surface area contributed by atoms with E-state index in [0.717, 1.165) is 18.2 Å². The molecule has 11 nitrogen and oxygen atoms in total. The smallest absolute Gasteiger partial charge is 0.409 e. The van der Waals surface area contributed by atoms with Gasteiger partial charge in [-0.1, -0.05) is 18.7 Å². The second-order valence-electron chi connectivity index (χ2n) is 7.52. The molecule has 12 heteroatoms. The van der Waals surface area contributed by atoms with Gasteiger partial charge in [0.2, 0.25) is 6.29 Å². The molecule has 0 aromatic rings. The molecule has 0 bridgehead atoms. The van der Waals surface area contributed by atoms with Crippen LogP contribution in [0.15, 0.2) is 0 Å². The summed E-state index contributed by atoms with van der Waals surface area (Å²) in [6, 6.07) is 0. The SMILES string of the molecule is CC[C@H](C1CC(OC(=O)NCCSC(=O)CCNC(=O)OCC2CO2)O1)C1OC1CO. The number of epoxide rings is 2. The van der Waals surface area contributed by atoms with E-state index in [4.69, 9.17) is 28.8 Å². The quantitative estimate of drug-likeness (QED) is 0.259. The Balaban J connectivity index is 1.15. The fourth-order valence-electron chi connectivity index (χ4n) is 3.31. The zero-order valence-corrected chi connectivity index (χ0v) is 18.3. The molecule has 3 N–H and O–H groups in total. The van der Waals surface area contributed by atoms with Crippen LogP contribution in [0.1, 0.15) is 26.2 Å². The van der Waals surface area contributed by atoms with Crippen LogP contribution < -0.4 is 10.6 Å². The second-order valence-corrected chi connectivity index (χ2v) is 8.67. The van der Waals surface area contributed by atoms with Gasteiger partial charge in [0.05, 0.1) is 25.4 Å². The van der Waals surface area contributed by atoms with E-state index in [-0.39, 0.29) is 68.2 Å². The maximum absolute atomic E-state index is 11.8. The molecule has 3 fully saturated rings. The first-order chi connectivity index (χ1) is 15.0. The molecular formula is C19H30N2O9S. The number of carbonyl (C=O) groups excluding carboxylic acids is 3. The van der Waals surface area contributed by atoms with Crippen LogP contribution in [0.5, 0.6) is 0 Å². The molecule has 3 saturated heterocycles. The fraction of sp³-hybridized carbons (Fsp3) is 0.842. The monoisotopic (exact) mass is 462 g/mol. The summed E-state index contributed by atoms with van der Waals surface area (Å²) in [5.41, 5.74) is 0. The zero-order valence-electron chi connectivity index (χ0n) is 17.4. The van der Waals surface area contributed by atoms with Gasteiger partial charge in [-0.05, 0) is 6.42 Å². The van der Waals surface area contributed by atoms with Crippen molar-refractivity contribution < 1.29 is 43.2 Å². The molecule has 0 saturated carbocycles. The van der Waals surface area contributed by atoms with Crippen molar-refractivity contribution in [3.63, 3.8) is 0 Å². The van der Waals surface area contributed by atoms with E-state index in [1.807, 2.05) is 6.92 Å². The Morgan fingerprint density at radius 1 is 1.19 bits per heavy atom. The first-order valence-electron chi connectivity index (χ1n) is 10.5. The van der Waals surface area contributed by atoms with Crippen molar-refractivity contribution >= 4 is 29.1 Å². The Hall–Kier alpha value is -1.60. The summed E-state index contributed by atoms with van der Waals surface area (Å²) < 4.78 is 26.1. The second kappa shape index (κ2) is 11.9. The lowest BCUT2D eigenvalue weighted by Gasteiger charge is -2.39. The predicted molar refractivity (Wildman–Crippen MR) is 108 cm³/mol. The van der Waals surface area contributed by atoms with Crippen LogP contribution in [0.2, 0.25) is 0 Å². The summed E-state index contributed by atoms with van der Waals surface area (Å²) in [4.78, 5) is 34.9. The number of rotatable bonds is 13. The molecule has 0 aliphatic carbocycles. The van der Waals surface area contributed by atoms with Crippen LogP contribution in [-0.4, -0.2) is 91.8 Å². The van der Waals surface area contributed by atoms with E-state index >= 15 is 0 Å². The summed E-state index contributed by atoms with van der Waals surface area (Å²) in [5, 5.41) is 14.1. The predicted octanol–water partition coefficient (Wildman–Crippen LogP) is 0.388. The highest BCUT2D eigenvalue weighted by atomic mass is 32.2. The van der Waals surface area contributed by atoms with Crippen LogP contribution in [0.3, 0.4) is 0 Å². The van der Waals surface area contributed by atoms with Crippen LogP contribution in [0, 0.1) is 5.92 Å². The Labute approximate surface area is 184 Å². The molecule has 0 aromatic heterocycles. The number of thioether (sulfide) groups is 1. The lowest BCUT2D eigenvalue weighted by atomic mass is 9.89. The van der Waals surface area contributed by atoms with Crippen molar-refractivity contribution in [2.24, 2.45) is 5.92 Å². The van der Waals surface area contributed by atoms with E-state index in [2.05, 4.69) is 10.6 Å². The highest BCUT2D eigenvalue weighted by Crippen LogP contribution is 2.40. The molecule has 176 valence electrons. The first-order valence-corrected chi connectivity index (χ1v) is 11.5. The number of aliphatic hydroxyl groups is 1. The molecule has 2 amide bonds. The molecule has 0 spiro atoms. The minimum Gasteiger partial charge on any atom is -0.447 e. The van der Waals surface area contributed by atoms with E-state index in [1.54, 1.807) is 0 Å². The molecule has 0 aromatic carbocycles. The molecular weight excluding hydrogens is 432 g/mol. The van der Waals surface area contributed by atoms with Gasteiger partial charge in [-0.15, -0.1) is 0 Å². The summed E-state index contributed by atoms with van der Waals surface area (Å²) in [6.07, 6.45) is -0.242. The van der Waals surface area contributed by atoms with Crippen molar-refractivity contribution in [2.75, 3.05) is 38.7 Å². The topological polar surface area (TPSA) is 148 Å². The van der Waals surface area contributed by atoms with Gasteiger partial charge in [0.1, 0.15) is 18.8 Å². The van der Waals surface area contributed by atoms with Crippen LogP contribution in [-0.2, 0) is 28.5 Å². The van der Waals surface area contributed by atoms with E-state index < -0.39 is 18.5 Å². The third-order valence-corrected chi connectivity index (χ3v) is 6.13. The van der Waals surface area contributed by atoms with E-state index in [0.29, 0.717) is 18.8 Å². The Kier molecular flexibility index (Phi) is 9.20. The third kappa shape index (κ3) is 8.11. The van der Waals surface area contributed by atoms with Gasteiger partial charge in [-0.2, -0.15) is 0 Å². The molecule has 3 heterocycles. The van der Waals surface area contributed by atoms with Crippen molar-refractivity contribution in [3.8, 4) is 0 Å². The minimum absolute atomic E-state index is 0.00429. The Bertz CT molecular complexity index is 627. The van der Waals surface area contributed by atoms with Gasteiger partial charge in [-0.3, -0.25) is 4.79 Å². The van der Waals surface area contributed by atoms with Crippen molar-refractivity contribution in [1.82, 2.24) is 10.6 Å². The number of carbonyl (C=O) groups is 3. The number of aliphatic hydroxyl groups excluding tert-OH is 1. The van der Waals surface area contributed by atoms with Crippen LogP contribution in [0.4, 0.5) is 9.59 Å². The normalized spacial score (nSPS) is 29.3. The average molecular weight is 463 g/mol. The fourth-order valence-corrected chi connectivity index (χ4v) is 3.99. The van der Waals surface area contributed by atoms with Gasteiger partial charge >= 0.3 is 12.2 Å². The molecule has 5 unspecified atom stereocenters. The third-order valence-electron chi connectivity index (χ3n) is 5.20. The van der Waals surface area contributed by atoms with Gasteiger partial charge in [0.25, 0.3) is 0 Å². The van der Waals surface area contributed by atoms with Crippen molar-refractivity contribution in [1.29, 1.82) is 0 Å². The van der Waals surface area contributed by atoms with Crippen molar-refractivity contribution in [3.05, 3.63) is 0 Å². The number of ether oxygens (including phenoxy) is 5. The summed E-state index contributed by atoms with van der Waals surface area (Å²) >= 11 is 1.07. The maximum atomic E-state index is 11.8. The summed E-state index contributed by atoms with van der Waals surface area (Å²) in [7, 11) is 0. The maximum Gasteiger partial charge on any atom is 0.409 e. The molecule has 6 atom stereocenters. The van der Waals surface area contributed by atoms with Gasteiger partial charge in [0.15, 0.2) is 5.12 Å². The molecule has 0 radical (unpaired) electrons. The largest absolute Gasteiger partial charge is 0.447 e. The highest BCUT2D eigenvalue weighted by molar-refractivity contribution is 8.13. The molecule has 3 aliphatic heterocycles. The standard InChI is InChI=1S/C19H30N2O9S/c1-2-12(17-14(8-22)29-17)13-7-16(28-13)30-19(25)21-5-6-31-15(23)3-4-20-18(24)27-10-11-9-26-11/h11-14,16-17,22H,2-10H2,1H3,(H,20,24)(H,21,25)/t11?,12-,13?,14?,16?,17?/m1/s1. The molecule has 31 heavy (non-hydrogen) atoms. The molecule has 3 rings (SSSR count). The Morgan fingerprint density at radius 2 is 1.94 bits per heavy atom. The first kappa shape index (κ1) is 24.1. The van der Waals surface area contributed by atoms with Gasteiger partial charge in [-0.25, -0.2) is 9.59 Å². The minimum atomic E-state index is -0.593. The van der Waals surface area contributed by atoms with E-state index in [9.17, 15) is 14.4 Å². The van der Waals surface area contributed by atoms with Crippen molar-refractivity contribution in [2.45, 2.75) is 56.9 Å².